The van der Waals surface area contributed by atoms with Crippen molar-refractivity contribution in [3.8, 4) is 22.3 Å². The molecule has 0 aliphatic heterocycles. The average Bonchev–Trinajstić information content (AvgIpc) is 3.62. The van der Waals surface area contributed by atoms with Crippen LogP contribution in [-0.4, -0.2) is 0 Å². The first-order chi connectivity index (χ1) is 27.5. The largest absolute Gasteiger partial charge is 0.456 e. The summed E-state index contributed by atoms with van der Waals surface area (Å²) in [5, 5.41) is -1.38. The number of hydrogen-bond acceptors (Lipinski definition) is 1. The summed E-state index contributed by atoms with van der Waals surface area (Å²) in [6, 6.07) is -11.7. The van der Waals surface area contributed by atoms with E-state index in [2.05, 4.69) is 0 Å². The maximum atomic E-state index is 9.83. The zero-order valence-corrected chi connectivity index (χ0v) is 21.4. The Hall–Kier alpha value is -4.88. The molecule has 0 aliphatic rings. The Morgan fingerprint density at radius 2 is 1.15 bits per heavy atom. The van der Waals surface area contributed by atoms with Gasteiger partial charge in [-0.15, -0.1) is 0 Å². The monoisotopic (exact) mass is 531 g/mol. The standard InChI is InChI=1S/C39H28O/c1-23-11-9-17-30-35(23)38(36-24(2)12-10-18-31(36)37(30)26-13-5-4-6-14-26)28-19-20-34-32(22-28)33-21-27-15-7-8-16-29(27)25(3)39(33)40-34/h4-22H,1-3H3/i4D,5D,6D,7D,8D,9D,10D,11D,12D,13D,14D,15D,16D,17D,18D,19D,20D,21D,22D. The van der Waals surface area contributed by atoms with Gasteiger partial charge in [0.15, 0.2) is 0 Å². The highest BCUT2D eigenvalue weighted by Crippen LogP contribution is 2.47. The molecule has 1 heteroatoms. The summed E-state index contributed by atoms with van der Waals surface area (Å²) in [5.74, 6) is 0. The summed E-state index contributed by atoms with van der Waals surface area (Å²) in [4.78, 5) is 0. The summed E-state index contributed by atoms with van der Waals surface area (Å²) >= 11 is 0. The molecule has 0 bridgehead atoms. The van der Waals surface area contributed by atoms with Gasteiger partial charge in [-0.05, 0) is 105 Å². The van der Waals surface area contributed by atoms with Gasteiger partial charge in [0.2, 0.25) is 0 Å². The van der Waals surface area contributed by atoms with Crippen molar-refractivity contribution < 1.29 is 30.5 Å². The van der Waals surface area contributed by atoms with Gasteiger partial charge < -0.3 is 4.42 Å². The number of aryl methyl sites for hydroxylation is 3. The maximum absolute atomic E-state index is 9.83. The molecule has 40 heavy (non-hydrogen) atoms. The van der Waals surface area contributed by atoms with E-state index in [9.17, 15) is 8.22 Å². The molecule has 0 saturated carbocycles. The van der Waals surface area contributed by atoms with Crippen LogP contribution in [0, 0.1) is 20.8 Å². The van der Waals surface area contributed by atoms with Crippen molar-refractivity contribution >= 4 is 54.3 Å². The van der Waals surface area contributed by atoms with Gasteiger partial charge in [0, 0.05) is 16.3 Å². The first-order valence-corrected chi connectivity index (χ1v) is 12.4. The summed E-state index contributed by atoms with van der Waals surface area (Å²) in [6.45, 7) is 4.32. The summed E-state index contributed by atoms with van der Waals surface area (Å²) in [5.41, 5.74) is -1.68. The molecule has 0 atom stereocenters. The molecule has 0 aliphatic carbocycles. The van der Waals surface area contributed by atoms with Crippen molar-refractivity contribution in [2.75, 3.05) is 0 Å². The fourth-order valence-corrected chi connectivity index (χ4v) is 5.47. The Balaban J connectivity index is 1.74. The van der Waals surface area contributed by atoms with Gasteiger partial charge in [-0.2, -0.15) is 0 Å². The van der Waals surface area contributed by atoms with Crippen LogP contribution in [-0.2, 0) is 0 Å². The second-order valence-electron chi connectivity index (χ2n) is 9.51. The van der Waals surface area contributed by atoms with Gasteiger partial charge in [-0.25, -0.2) is 0 Å². The van der Waals surface area contributed by atoms with Gasteiger partial charge in [0.25, 0.3) is 0 Å². The van der Waals surface area contributed by atoms with Gasteiger partial charge in [0.1, 0.15) is 11.2 Å². The zero-order chi connectivity index (χ0) is 43.5. The molecule has 1 heterocycles. The molecule has 0 fully saturated rings. The van der Waals surface area contributed by atoms with Gasteiger partial charge in [0.05, 0.1) is 26.0 Å². The minimum absolute atomic E-state index is 0.0160. The van der Waals surface area contributed by atoms with Crippen molar-refractivity contribution in [2.45, 2.75) is 20.8 Å². The van der Waals surface area contributed by atoms with Crippen LogP contribution in [0.4, 0.5) is 0 Å². The molecule has 0 amide bonds. The van der Waals surface area contributed by atoms with Crippen LogP contribution < -0.4 is 0 Å². The third-order valence-electron chi connectivity index (χ3n) is 7.24. The lowest BCUT2D eigenvalue weighted by molar-refractivity contribution is 0.666. The number of fused-ring (bicyclic) bond motifs is 6. The topological polar surface area (TPSA) is 13.1 Å². The molecule has 0 radical (unpaired) electrons. The fraction of sp³-hybridized carbons (Fsp3) is 0.0769. The number of benzene rings is 7. The van der Waals surface area contributed by atoms with E-state index in [-0.39, 0.29) is 87.6 Å². The number of hydrogen-bond donors (Lipinski definition) is 0. The van der Waals surface area contributed by atoms with Crippen molar-refractivity contribution in [1.82, 2.24) is 0 Å². The molecule has 0 N–H and O–H groups in total. The highest BCUT2D eigenvalue weighted by atomic mass is 16.3. The van der Waals surface area contributed by atoms with Crippen molar-refractivity contribution in [3.63, 3.8) is 0 Å². The molecular weight excluding hydrogens is 484 g/mol. The molecular formula is C39H28O. The molecule has 0 unspecified atom stereocenters. The first-order valence-electron chi connectivity index (χ1n) is 21.9. The highest BCUT2D eigenvalue weighted by molar-refractivity contribution is 6.24. The van der Waals surface area contributed by atoms with E-state index >= 15 is 0 Å². The number of furan rings is 1. The van der Waals surface area contributed by atoms with Crippen LogP contribution in [0.1, 0.15) is 42.7 Å². The molecule has 8 rings (SSSR count). The van der Waals surface area contributed by atoms with E-state index in [4.69, 9.17) is 22.2 Å². The fourth-order valence-electron chi connectivity index (χ4n) is 5.47. The van der Waals surface area contributed by atoms with Gasteiger partial charge in [-0.3, -0.25) is 0 Å². The van der Waals surface area contributed by atoms with Crippen LogP contribution in [0.3, 0.4) is 0 Å². The summed E-state index contributed by atoms with van der Waals surface area (Å²) in [6.07, 6.45) is 0. The van der Waals surface area contributed by atoms with E-state index in [1.165, 1.54) is 20.8 Å². The third kappa shape index (κ3) is 3.21. The van der Waals surface area contributed by atoms with E-state index in [0.29, 0.717) is 0 Å². The molecule has 7 aromatic carbocycles. The maximum Gasteiger partial charge on any atom is 0.138 e. The molecule has 190 valence electrons. The lowest BCUT2D eigenvalue weighted by atomic mass is 9.83. The lowest BCUT2D eigenvalue weighted by Crippen LogP contribution is -1.94. The van der Waals surface area contributed by atoms with Gasteiger partial charge >= 0.3 is 0 Å². The Kier molecular flexibility index (Phi) is 2.34. The average molecular weight is 532 g/mol. The minimum Gasteiger partial charge on any atom is -0.456 e. The van der Waals surface area contributed by atoms with Crippen LogP contribution >= 0.6 is 0 Å². The SMILES string of the molecule is [2H]c1c([2H])c([2H])c(-c2c3c([2H])c([2H])c([2H])c(C)c3c(-c3c([2H])c([2H])c4oc5c(C)c6c([2H])c([2H])c([2H])c([2H])c6c([2H])c5c4c3[2H])c3c(C)c([2H])c([2H])c([2H])c23)c([2H])c1[2H]. The molecule has 1 nitrogen and oxygen atoms in total. The summed E-state index contributed by atoms with van der Waals surface area (Å²) < 4.78 is 175. The van der Waals surface area contributed by atoms with E-state index in [1.807, 2.05) is 0 Å². The second-order valence-corrected chi connectivity index (χ2v) is 9.51. The molecule has 8 aromatic rings. The Bertz CT molecular complexity index is 3240. The lowest BCUT2D eigenvalue weighted by Gasteiger charge is -2.20. The summed E-state index contributed by atoms with van der Waals surface area (Å²) in [7, 11) is 0. The predicted molar refractivity (Wildman–Crippen MR) is 171 cm³/mol. The molecule has 1 aromatic heterocycles. The third-order valence-corrected chi connectivity index (χ3v) is 7.24. The normalized spacial score (nSPS) is 18.5. The van der Waals surface area contributed by atoms with Crippen molar-refractivity contribution in [1.29, 1.82) is 0 Å². The Morgan fingerprint density at radius 3 is 1.88 bits per heavy atom. The highest BCUT2D eigenvalue weighted by Gasteiger charge is 2.20. The Labute approximate surface area is 260 Å². The van der Waals surface area contributed by atoms with Crippen LogP contribution in [0.5, 0.6) is 0 Å². The molecule has 0 saturated heterocycles. The van der Waals surface area contributed by atoms with Crippen molar-refractivity contribution in [2.24, 2.45) is 0 Å². The van der Waals surface area contributed by atoms with Crippen LogP contribution in [0.2, 0.25) is 0 Å². The molecule has 0 spiro atoms. The predicted octanol–water partition coefficient (Wildman–Crippen LogP) is 11.3. The minimum atomic E-state index is -0.763. The second kappa shape index (κ2) is 8.56. The quantitative estimate of drug-likeness (QED) is 0.202. The van der Waals surface area contributed by atoms with E-state index in [0.717, 1.165) is 0 Å². The van der Waals surface area contributed by atoms with Crippen LogP contribution in [0.25, 0.3) is 76.5 Å². The van der Waals surface area contributed by atoms with E-state index < -0.39 is 120 Å². The smallest absolute Gasteiger partial charge is 0.138 e. The van der Waals surface area contributed by atoms with Gasteiger partial charge in [-0.1, -0.05) is 96.7 Å². The Morgan fingerprint density at radius 1 is 0.500 bits per heavy atom. The van der Waals surface area contributed by atoms with Crippen molar-refractivity contribution in [3.05, 3.63) is 131 Å². The van der Waals surface area contributed by atoms with E-state index in [1.54, 1.807) is 0 Å². The zero-order valence-electron chi connectivity index (χ0n) is 40.4. The van der Waals surface area contributed by atoms with Crippen LogP contribution in [0.15, 0.2) is 119 Å². The number of rotatable bonds is 2. The first kappa shape index (κ1) is 10.9.